The summed E-state index contributed by atoms with van der Waals surface area (Å²) in [4.78, 5) is 132. The molecule has 111 heavy (non-hydrogen) atoms. The predicted octanol–water partition coefficient (Wildman–Crippen LogP) is 8.87. The Bertz CT molecular complexity index is 4280. The van der Waals surface area contributed by atoms with Crippen LogP contribution >= 0.6 is 7.82 Å². The second kappa shape index (κ2) is 35.4. The van der Waals surface area contributed by atoms with Crippen LogP contribution in [-0.2, 0) is 72.3 Å². The highest BCUT2D eigenvalue weighted by Crippen LogP contribution is 2.47. The van der Waals surface area contributed by atoms with E-state index in [0.717, 1.165) is 45.4 Å². The van der Waals surface area contributed by atoms with E-state index in [4.69, 9.17) is 14.0 Å². The molecule has 3 aliphatic rings. The van der Waals surface area contributed by atoms with Gasteiger partial charge in [-0.3, -0.25) is 39.3 Å². The Balaban J connectivity index is 1.27. The summed E-state index contributed by atoms with van der Waals surface area (Å²) >= 11 is 0. The number of alkyl halides is 8. The van der Waals surface area contributed by atoms with E-state index >= 15 is 44.7 Å². The summed E-state index contributed by atoms with van der Waals surface area (Å²) in [7, 11) is -4.12. The highest BCUT2D eigenvalue weighted by Gasteiger charge is 2.58. The molecule has 3 aromatic carbocycles. The first-order chi connectivity index (χ1) is 51.7. The molecule has 0 aliphatic carbocycles. The molecule has 606 valence electrons. The summed E-state index contributed by atoms with van der Waals surface area (Å²) < 4.78 is 191. The molecule has 7 atom stereocenters. The van der Waals surface area contributed by atoms with Gasteiger partial charge in [0.1, 0.15) is 41.6 Å². The Morgan fingerprint density at radius 2 is 1.32 bits per heavy atom. The van der Waals surface area contributed by atoms with Gasteiger partial charge in [-0.1, -0.05) is 57.7 Å². The maximum atomic E-state index is 16.9. The number of hydrazine groups is 1. The number of nitrogens with zero attached hydrogens (tertiary/aromatic N) is 7. The van der Waals surface area contributed by atoms with Crippen molar-refractivity contribution in [3.63, 3.8) is 0 Å². The van der Waals surface area contributed by atoms with E-state index < -0.39 is 182 Å². The first-order valence-electron chi connectivity index (χ1n) is 34.8. The third-order valence-electron chi connectivity index (χ3n) is 19.4. The number of rotatable bonds is 31. The second-order valence-corrected chi connectivity index (χ2v) is 30.7. The minimum Gasteiger partial charge on any atom is -0.480 e. The standard InChI is InChI=1S/C72H87F10N12O16P/c1-38(2)22-53(63(99)100)85-56(95)28-44-23-39(3)24-54(110-111(103,104)105)58(44)68(4,5)29-57(96)109-55(35-92(90-62(98)60(88-67(102)107-11)70(8,9)72(80,81)82)34-48-49(73)26-43(27-50(48)74)51-20-21-93(89-51)64(75)76)52(86-61(97)59(87-66(101)106-10)69(6,7)71(77,78)79)25-41-15-12-40(13-16-41)14-17-42-30-83-65(84-31-42)91-32-45-18-19-46(33-91)94(45)47-36-108-37-47/h12-13,15-16,20-21,23-24,26-27,30-31,38,45-47,52-53,55,59-60,64H,18-19,22,25,28-29,32-37H2,1-11H3,(H,85,95)(H,86,97)(H,87,101)(H,88,102)(H,90,98)(H,99,100)(H2,103,104,105)/t45?,46?,52-,53-,55-,59+,60+/m0/s1. The third kappa shape index (κ3) is 22.1. The minimum atomic E-state index is -5.60. The second-order valence-electron chi connectivity index (χ2n) is 29.5. The number of benzene rings is 3. The van der Waals surface area contributed by atoms with Gasteiger partial charge in [-0.15, -0.1) is 0 Å². The lowest BCUT2D eigenvalue weighted by Gasteiger charge is -2.47. The number of alkyl carbamates (subject to hydrolysis) is 2. The highest BCUT2D eigenvalue weighted by atomic mass is 31.2. The molecule has 5 aromatic rings. The molecule has 2 aromatic heterocycles. The average molecular weight is 1600 g/mol. The Hall–Kier alpha value is -9.67. The van der Waals surface area contributed by atoms with Crippen molar-refractivity contribution in [2.24, 2.45) is 16.7 Å². The van der Waals surface area contributed by atoms with Gasteiger partial charge in [0, 0.05) is 78.0 Å². The molecule has 3 saturated heterocycles. The first-order valence-corrected chi connectivity index (χ1v) is 36.4. The summed E-state index contributed by atoms with van der Waals surface area (Å²) in [6.45, 7) is 6.08. The van der Waals surface area contributed by atoms with E-state index in [1.807, 2.05) is 5.32 Å². The number of nitrogens with one attached hydrogen (secondary N) is 5. The number of fused-ring (bicyclic) bond motifs is 2. The molecule has 28 nitrogen and oxygen atoms in total. The summed E-state index contributed by atoms with van der Waals surface area (Å²) in [6, 6.07) is 2.18. The lowest BCUT2D eigenvalue weighted by Crippen LogP contribution is -2.64. The van der Waals surface area contributed by atoms with Crippen LogP contribution in [0, 0.1) is 47.1 Å². The number of carboxylic acids is 1. The van der Waals surface area contributed by atoms with Gasteiger partial charge in [0.05, 0.1) is 81.0 Å². The van der Waals surface area contributed by atoms with Gasteiger partial charge in [-0.25, -0.2) is 47.4 Å². The Kier molecular flexibility index (Phi) is 27.7. The molecular weight excluding hydrogens is 1510 g/mol. The largest absolute Gasteiger partial charge is 0.524 e. The number of carboxylic acid groups (broad SMARTS) is 1. The van der Waals surface area contributed by atoms with Crippen LogP contribution in [0.4, 0.5) is 59.4 Å². The van der Waals surface area contributed by atoms with Crippen molar-refractivity contribution in [2.75, 3.05) is 52.0 Å². The van der Waals surface area contributed by atoms with Crippen LogP contribution in [0.5, 0.6) is 5.75 Å². The van der Waals surface area contributed by atoms with Crippen LogP contribution in [0.15, 0.2) is 73.2 Å². The number of esters is 1. The summed E-state index contributed by atoms with van der Waals surface area (Å²) in [6.07, 6.45) is -13.1. The SMILES string of the molecule is COC(=O)N[C@H](C(=O)N[C@@H](Cc1ccc(C#Cc2cnc(N3CC4CCC(C3)N4C3COC3)nc2)cc1)[C@H](CN(Cc1c(F)cc(-c2ccn(C(F)F)n2)cc1F)NC(=O)[C@@H](NC(=O)OC)C(C)(C)C(F)(F)F)OC(=O)CC(C)(C)c1c(CC(=O)N[C@@H](CC(C)C)C(=O)O)cc(C)cc1OP(=O)(O)O)C(C)(C)C(F)(F)F. The van der Waals surface area contributed by atoms with Crippen molar-refractivity contribution < 1.29 is 120 Å². The van der Waals surface area contributed by atoms with E-state index in [0.29, 0.717) is 106 Å². The van der Waals surface area contributed by atoms with Crippen LogP contribution in [0.2, 0.25) is 0 Å². The monoisotopic (exact) mass is 1600 g/mol. The van der Waals surface area contributed by atoms with Gasteiger partial charge in [0.25, 0.3) is 5.91 Å². The Morgan fingerprint density at radius 3 is 1.81 bits per heavy atom. The number of piperazine rings is 1. The number of methoxy groups -OCH3 is 2. The summed E-state index contributed by atoms with van der Waals surface area (Å²) in [5.41, 5.74) is -7.93. The van der Waals surface area contributed by atoms with Gasteiger partial charge in [-0.2, -0.15) is 40.2 Å². The van der Waals surface area contributed by atoms with Gasteiger partial charge < -0.3 is 54.7 Å². The number of carbonyl (C=O) groups excluding carboxylic acids is 6. The van der Waals surface area contributed by atoms with Crippen molar-refractivity contribution in [3.8, 4) is 28.8 Å². The average Bonchev–Trinajstić information content (AvgIpc) is 1.38. The maximum absolute atomic E-state index is 16.9. The topological polar surface area (TPSA) is 357 Å². The van der Waals surface area contributed by atoms with Crippen molar-refractivity contribution in [1.29, 1.82) is 0 Å². The molecule has 2 bridgehead atoms. The molecule has 0 spiro atoms. The fourth-order valence-corrected chi connectivity index (χ4v) is 13.8. The van der Waals surface area contributed by atoms with E-state index in [-0.39, 0.29) is 39.3 Å². The Labute approximate surface area is 631 Å². The fraction of sp³-hybridized carbons (Fsp3) is 0.528. The molecule has 5 heterocycles. The number of aromatic nitrogens is 4. The van der Waals surface area contributed by atoms with Crippen molar-refractivity contribution >= 4 is 55.6 Å². The van der Waals surface area contributed by atoms with Gasteiger partial charge in [0.2, 0.25) is 17.8 Å². The van der Waals surface area contributed by atoms with Gasteiger partial charge >= 0.3 is 50.8 Å². The number of phosphoric acid groups is 1. The Morgan fingerprint density at radius 1 is 0.757 bits per heavy atom. The first kappa shape index (κ1) is 86.9. The quantitative estimate of drug-likeness (QED) is 0.00512. The molecule has 8 rings (SSSR count). The van der Waals surface area contributed by atoms with Crippen LogP contribution in [0.1, 0.15) is 127 Å². The van der Waals surface area contributed by atoms with Crippen molar-refractivity contribution in [2.45, 2.75) is 180 Å². The number of aliphatic carboxylic acids is 1. The van der Waals surface area contributed by atoms with Crippen molar-refractivity contribution in [3.05, 3.63) is 124 Å². The lowest BCUT2D eigenvalue weighted by molar-refractivity contribution is -0.221. The molecule has 39 heteroatoms. The van der Waals surface area contributed by atoms with E-state index in [2.05, 4.69) is 62.2 Å². The third-order valence-corrected chi connectivity index (χ3v) is 19.8. The zero-order valence-electron chi connectivity index (χ0n) is 62.2. The lowest BCUT2D eigenvalue weighted by atomic mass is 9.77. The maximum Gasteiger partial charge on any atom is 0.524 e. The number of phosphoric ester groups is 1. The molecule has 5 amide bonds. The van der Waals surface area contributed by atoms with Crippen LogP contribution in [-0.4, -0.2) is 194 Å². The number of carbonyl (C=O) groups is 7. The van der Waals surface area contributed by atoms with E-state index in [1.165, 1.54) is 63.5 Å². The van der Waals surface area contributed by atoms with Gasteiger partial charge in [0.15, 0.2) is 0 Å². The molecular formula is C72H87F10N12O16P. The zero-order chi connectivity index (χ0) is 82.2. The van der Waals surface area contributed by atoms with Crippen LogP contribution < -0.4 is 36.1 Å². The van der Waals surface area contributed by atoms with E-state index in [9.17, 15) is 52.2 Å². The number of hydrogen-bond acceptors (Lipinski definition) is 19. The number of halogens is 10. The normalized spacial score (nSPS) is 17.2. The van der Waals surface area contributed by atoms with Crippen molar-refractivity contribution in [1.82, 2.24) is 56.4 Å². The molecule has 8 N–H and O–H groups in total. The fourth-order valence-electron chi connectivity index (χ4n) is 13.4. The summed E-state index contributed by atoms with van der Waals surface area (Å²) in [5.74, 6) is -5.07. The highest BCUT2D eigenvalue weighted by molar-refractivity contribution is 7.46. The zero-order valence-corrected chi connectivity index (χ0v) is 63.1. The number of aryl methyl sites for hydroxylation is 1. The van der Waals surface area contributed by atoms with Gasteiger partial charge in [-0.05, 0) is 119 Å². The van der Waals surface area contributed by atoms with Crippen LogP contribution in [0.3, 0.4) is 0 Å². The predicted molar refractivity (Wildman–Crippen MR) is 375 cm³/mol. The molecule has 3 aliphatic heterocycles. The molecule has 0 saturated carbocycles. The smallest absolute Gasteiger partial charge is 0.480 e. The molecule has 2 unspecified atom stereocenters. The molecule has 0 radical (unpaired) electrons. The number of amides is 5. The molecule has 3 fully saturated rings. The van der Waals surface area contributed by atoms with E-state index in [1.54, 1.807) is 19.2 Å². The number of anilines is 1. The summed E-state index contributed by atoms with van der Waals surface area (Å²) in [5, 5.41) is 22.5. The van der Waals surface area contributed by atoms with Crippen LogP contribution in [0.25, 0.3) is 11.3 Å². The minimum absolute atomic E-state index is 0.0638. The number of hydrogen-bond donors (Lipinski definition) is 8. The number of ether oxygens (including phenoxy) is 4.